The van der Waals surface area contributed by atoms with Gasteiger partial charge in [-0.2, -0.15) is 14.0 Å². The molecule has 1 aliphatic rings. The number of aromatic nitrogens is 3. The normalized spacial score (nSPS) is 17.1. The second-order valence-corrected chi connectivity index (χ2v) is 8.33. The van der Waals surface area contributed by atoms with Crippen LogP contribution in [0.1, 0.15) is 53.9 Å². The number of alkyl halides is 3. The monoisotopic (exact) mass is 522 g/mol. The number of nitrogens with zero attached hydrogens (tertiary/aromatic N) is 4. The number of nitriles is 1. The maximum absolute atomic E-state index is 14.4. The molecule has 2 atom stereocenters. The number of benzene rings is 2. The van der Waals surface area contributed by atoms with Gasteiger partial charge in [0.1, 0.15) is 18.0 Å². The number of hydrogen-bond acceptors (Lipinski definition) is 7. The summed E-state index contributed by atoms with van der Waals surface area (Å²) in [7, 11) is 1.44. The van der Waals surface area contributed by atoms with E-state index in [2.05, 4.69) is 10.2 Å². The van der Waals surface area contributed by atoms with Gasteiger partial charge in [0.2, 0.25) is 5.82 Å². The third-order valence-electron chi connectivity index (χ3n) is 5.36. The lowest BCUT2D eigenvalue weighted by atomic mass is 9.97. The summed E-state index contributed by atoms with van der Waals surface area (Å²) in [6, 6.07) is 11.4. The Hall–Kier alpha value is -3.26. The quantitative estimate of drug-likeness (QED) is 0.323. The first-order valence-corrected chi connectivity index (χ1v) is 11.2. The lowest BCUT2D eigenvalue weighted by Gasteiger charge is -2.24. The molecule has 3 aromatic rings. The van der Waals surface area contributed by atoms with Crippen molar-refractivity contribution in [3.63, 3.8) is 0 Å². The lowest BCUT2D eigenvalue weighted by molar-refractivity contribution is -0.147. The summed E-state index contributed by atoms with van der Waals surface area (Å²) < 4.78 is 46.4. The van der Waals surface area contributed by atoms with Gasteiger partial charge in [-0.15, -0.1) is 10.2 Å². The molecule has 0 radical (unpaired) electrons. The Morgan fingerprint density at radius 1 is 1.29 bits per heavy atom. The van der Waals surface area contributed by atoms with Crippen LogP contribution >= 0.6 is 23.2 Å². The van der Waals surface area contributed by atoms with Gasteiger partial charge in [0.15, 0.2) is 5.82 Å². The average molecular weight is 523 g/mol. The van der Waals surface area contributed by atoms with Gasteiger partial charge in [-0.1, -0.05) is 23.7 Å². The molecule has 0 unspecified atom stereocenters. The Labute approximate surface area is 208 Å². The SMILES string of the molecule is CCOC(=O)C[C@@H]1O[C@@H](c2cccc(OC)c2Cl)c2cc(C#N)ccc2-n2c1nnc2C(F)(F)Cl. The molecule has 0 bridgehead atoms. The number of esters is 1. The average Bonchev–Trinajstić information content (AvgIpc) is 3.23. The topological polar surface area (TPSA) is 99.3 Å². The fourth-order valence-electron chi connectivity index (χ4n) is 3.90. The molecule has 182 valence electrons. The van der Waals surface area contributed by atoms with Crippen molar-refractivity contribution in [2.24, 2.45) is 0 Å². The molecule has 8 nitrogen and oxygen atoms in total. The number of fused-ring (bicyclic) bond motifs is 3. The van der Waals surface area contributed by atoms with Crippen LogP contribution in [-0.2, 0) is 19.6 Å². The fraction of sp³-hybridized carbons (Fsp3) is 0.304. The molecule has 0 N–H and O–H groups in total. The first-order chi connectivity index (χ1) is 16.7. The van der Waals surface area contributed by atoms with Crippen molar-refractivity contribution in [3.8, 4) is 17.5 Å². The highest BCUT2D eigenvalue weighted by molar-refractivity contribution is 6.33. The van der Waals surface area contributed by atoms with Gasteiger partial charge in [-0.3, -0.25) is 9.36 Å². The standard InChI is InChI=1S/C23H18Cl2F2N4O4/c1-3-34-18(32)10-17-21-29-30-22(23(25,26)27)31(21)15-8-7-12(11-28)9-14(15)20(35-17)13-5-4-6-16(33-2)19(13)24/h4-9,17,20H,3,10H2,1-2H3/t17-,20-/m0/s1. The van der Waals surface area contributed by atoms with Crippen molar-refractivity contribution in [2.75, 3.05) is 13.7 Å². The Morgan fingerprint density at radius 3 is 2.71 bits per heavy atom. The molecular formula is C23H18Cl2F2N4O4. The third kappa shape index (κ3) is 4.67. The summed E-state index contributed by atoms with van der Waals surface area (Å²) in [5, 5.41) is 13.3. The van der Waals surface area contributed by atoms with Crippen LogP contribution in [0.2, 0.25) is 5.02 Å². The predicted molar refractivity (Wildman–Crippen MR) is 121 cm³/mol. The third-order valence-corrected chi connectivity index (χ3v) is 5.94. The largest absolute Gasteiger partial charge is 0.495 e. The van der Waals surface area contributed by atoms with Crippen LogP contribution in [0.25, 0.3) is 5.69 Å². The van der Waals surface area contributed by atoms with Gasteiger partial charge in [-0.05, 0) is 42.8 Å². The van der Waals surface area contributed by atoms with E-state index in [1.807, 2.05) is 6.07 Å². The van der Waals surface area contributed by atoms with E-state index in [9.17, 15) is 18.8 Å². The minimum atomic E-state index is -3.89. The number of rotatable bonds is 6. The highest BCUT2D eigenvalue weighted by atomic mass is 35.5. The van der Waals surface area contributed by atoms with Crippen LogP contribution in [0.4, 0.5) is 8.78 Å². The molecule has 12 heteroatoms. The zero-order chi connectivity index (χ0) is 25.3. The minimum Gasteiger partial charge on any atom is -0.495 e. The van der Waals surface area contributed by atoms with Crippen LogP contribution < -0.4 is 4.74 Å². The molecular weight excluding hydrogens is 505 g/mol. The minimum absolute atomic E-state index is 0.0825. The first kappa shape index (κ1) is 24.9. The molecule has 0 fully saturated rings. The lowest BCUT2D eigenvalue weighted by Crippen LogP contribution is -2.18. The number of ether oxygens (including phenoxy) is 3. The van der Waals surface area contributed by atoms with E-state index >= 15 is 0 Å². The number of carbonyl (C=O) groups excluding carboxylic acids is 1. The van der Waals surface area contributed by atoms with Gasteiger partial charge < -0.3 is 14.2 Å². The van der Waals surface area contributed by atoms with Crippen molar-refractivity contribution in [2.45, 2.75) is 30.9 Å². The van der Waals surface area contributed by atoms with Gasteiger partial charge >= 0.3 is 11.4 Å². The van der Waals surface area contributed by atoms with Crippen molar-refractivity contribution in [1.82, 2.24) is 14.8 Å². The van der Waals surface area contributed by atoms with Gasteiger partial charge in [0.05, 0.1) is 42.5 Å². The highest BCUT2D eigenvalue weighted by Gasteiger charge is 2.42. The first-order valence-electron chi connectivity index (χ1n) is 10.4. The summed E-state index contributed by atoms with van der Waals surface area (Å²) in [4.78, 5) is 12.4. The summed E-state index contributed by atoms with van der Waals surface area (Å²) in [6.45, 7) is 1.75. The zero-order valence-electron chi connectivity index (χ0n) is 18.5. The number of halogens is 4. The Balaban J connectivity index is 2.01. The summed E-state index contributed by atoms with van der Waals surface area (Å²) in [5.74, 6) is -1.23. The van der Waals surface area contributed by atoms with E-state index in [1.54, 1.807) is 25.1 Å². The van der Waals surface area contributed by atoms with E-state index in [0.717, 1.165) is 4.57 Å². The van der Waals surface area contributed by atoms with E-state index in [0.29, 0.717) is 16.9 Å². The summed E-state index contributed by atoms with van der Waals surface area (Å²) >= 11 is 11.9. The van der Waals surface area contributed by atoms with Gasteiger partial charge in [0, 0.05) is 11.1 Å². The summed E-state index contributed by atoms with van der Waals surface area (Å²) in [5.41, 5.74) is 1.17. The molecule has 0 spiro atoms. The Kier molecular flexibility index (Phi) is 6.94. The number of methoxy groups -OCH3 is 1. The molecule has 1 aliphatic heterocycles. The Bertz CT molecular complexity index is 1320. The van der Waals surface area contributed by atoms with Crippen molar-refractivity contribution >= 4 is 29.2 Å². The maximum Gasteiger partial charge on any atom is 0.382 e. The maximum atomic E-state index is 14.4. The Morgan fingerprint density at radius 2 is 2.06 bits per heavy atom. The molecule has 4 rings (SSSR count). The second kappa shape index (κ2) is 9.77. The van der Waals surface area contributed by atoms with Crippen molar-refractivity contribution < 1.29 is 27.8 Å². The van der Waals surface area contributed by atoms with Crippen LogP contribution in [0.3, 0.4) is 0 Å². The van der Waals surface area contributed by atoms with Crippen molar-refractivity contribution in [1.29, 1.82) is 5.26 Å². The molecule has 2 heterocycles. The fourth-order valence-corrected chi connectivity index (χ4v) is 4.33. The van der Waals surface area contributed by atoms with Gasteiger partial charge in [-0.25, -0.2) is 0 Å². The van der Waals surface area contributed by atoms with Crippen LogP contribution in [0.5, 0.6) is 5.75 Å². The van der Waals surface area contributed by atoms with E-state index < -0.39 is 29.4 Å². The molecule has 1 aromatic heterocycles. The number of carbonyl (C=O) groups is 1. The smallest absolute Gasteiger partial charge is 0.382 e. The molecule has 2 aromatic carbocycles. The molecule has 0 amide bonds. The predicted octanol–water partition coefficient (Wildman–Crippen LogP) is 5.20. The van der Waals surface area contributed by atoms with E-state index in [1.165, 1.54) is 25.3 Å². The highest BCUT2D eigenvalue weighted by Crippen LogP contribution is 2.46. The van der Waals surface area contributed by atoms with E-state index in [4.69, 9.17) is 37.4 Å². The van der Waals surface area contributed by atoms with Crippen LogP contribution in [0.15, 0.2) is 36.4 Å². The molecule has 35 heavy (non-hydrogen) atoms. The summed E-state index contributed by atoms with van der Waals surface area (Å²) in [6.07, 6.45) is -2.52. The van der Waals surface area contributed by atoms with Crippen molar-refractivity contribution in [3.05, 3.63) is 69.8 Å². The second-order valence-electron chi connectivity index (χ2n) is 7.48. The molecule has 0 saturated carbocycles. The van der Waals surface area contributed by atoms with Crippen LogP contribution in [-0.4, -0.2) is 34.5 Å². The molecule has 0 aliphatic carbocycles. The van der Waals surface area contributed by atoms with Crippen LogP contribution in [0, 0.1) is 11.3 Å². The molecule has 0 saturated heterocycles. The number of hydrogen-bond donors (Lipinski definition) is 0. The van der Waals surface area contributed by atoms with Gasteiger partial charge in [0.25, 0.3) is 0 Å². The van der Waals surface area contributed by atoms with E-state index in [-0.39, 0.29) is 35.1 Å². The zero-order valence-corrected chi connectivity index (χ0v) is 20.0.